The molecule has 0 saturated heterocycles. The molecule has 0 radical (unpaired) electrons. The first-order chi connectivity index (χ1) is 7.55. The molecule has 0 unspecified atom stereocenters. The van der Waals surface area contributed by atoms with Crippen molar-refractivity contribution in [3.63, 3.8) is 0 Å². The van der Waals surface area contributed by atoms with Crippen LogP contribution in [0.2, 0.25) is 0 Å². The molecule has 0 atom stereocenters. The molecular weight excluding hydrogens is 250 g/mol. The number of rotatable bonds is 5. The molecule has 0 aliphatic carbocycles. The molecule has 0 aromatic carbocycles. The Morgan fingerprint density at radius 1 is 1.29 bits per heavy atom. The second kappa shape index (κ2) is 6.18. The molecule has 0 aromatic heterocycles. The summed E-state index contributed by atoms with van der Waals surface area (Å²) < 4.78 is 34.7. The lowest BCUT2D eigenvalue weighted by atomic mass is 10.2. The van der Waals surface area contributed by atoms with E-state index in [4.69, 9.17) is 14.4 Å². The maximum atomic E-state index is 11.6. The van der Waals surface area contributed by atoms with Crippen LogP contribution in [0.4, 0.5) is 4.79 Å². The zero-order valence-corrected chi connectivity index (χ0v) is 11.0. The molecule has 17 heavy (non-hydrogen) atoms. The van der Waals surface area contributed by atoms with Crippen molar-refractivity contribution >= 4 is 16.2 Å². The van der Waals surface area contributed by atoms with Crippen LogP contribution in [0.3, 0.4) is 0 Å². The van der Waals surface area contributed by atoms with Gasteiger partial charge in [-0.1, -0.05) is 0 Å². The van der Waals surface area contributed by atoms with Crippen LogP contribution in [0, 0.1) is 0 Å². The van der Waals surface area contributed by atoms with Gasteiger partial charge in [0, 0.05) is 13.1 Å². The molecule has 2 N–H and O–H groups in total. The molecule has 0 saturated carbocycles. The van der Waals surface area contributed by atoms with Crippen LogP contribution >= 0.6 is 0 Å². The zero-order chi connectivity index (χ0) is 13.7. The maximum absolute atomic E-state index is 11.6. The van der Waals surface area contributed by atoms with Crippen molar-refractivity contribution in [3.8, 4) is 0 Å². The Hall–Kier alpha value is -0.860. The Balaban J connectivity index is 4.47. The molecule has 7 nitrogen and oxygen atoms in total. The summed E-state index contributed by atoms with van der Waals surface area (Å²) in [5.41, 5.74) is -0.705. The summed E-state index contributed by atoms with van der Waals surface area (Å²) in [4.78, 5) is 12.6. The number of ether oxygens (including phenoxy) is 1. The maximum Gasteiger partial charge on any atom is 0.410 e. The highest BCUT2D eigenvalue weighted by Gasteiger charge is 2.22. The third-order valence-corrected chi connectivity index (χ3v) is 2.34. The van der Waals surface area contributed by atoms with Crippen LogP contribution < -0.4 is 0 Å². The summed E-state index contributed by atoms with van der Waals surface area (Å²) in [5, 5.41) is 8.75. The monoisotopic (exact) mass is 269 g/mol. The highest BCUT2D eigenvalue weighted by Crippen LogP contribution is 2.09. The normalized spacial score (nSPS) is 12.3. The van der Waals surface area contributed by atoms with Gasteiger partial charge in [0.2, 0.25) is 0 Å². The Kier molecular flexibility index (Phi) is 5.86. The second-order valence-electron chi connectivity index (χ2n) is 4.48. The van der Waals surface area contributed by atoms with Gasteiger partial charge in [-0.2, -0.15) is 8.42 Å². The molecule has 1 amide bonds. The average Bonchev–Trinajstić information content (AvgIpc) is 2.07. The summed E-state index contributed by atoms with van der Waals surface area (Å²) in [6, 6.07) is 0. The smallest absolute Gasteiger partial charge is 0.410 e. The van der Waals surface area contributed by atoms with E-state index in [0.29, 0.717) is 0 Å². The molecule has 0 bridgehead atoms. The second-order valence-corrected chi connectivity index (χ2v) is 6.05. The topological polar surface area (TPSA) is 104 Å². The Labute approximate surface area is 101 Å². The largest absolute Gasteiger partial charge is 0.444 e. The SMILES string of the molecule is CC(C)(C)OC(=O)N(CCO)CCS(=O)(=O)O. The summed E-state index contributed by atoms with van der Waals surface area (Å²) in [6.45, 7) is 4.42. The number of carbonyl (C=O) groups is 1. The molecule has 0 rings (SSSR count). The van der Waals surface area contributed by atoms with Crippen molar-refractivity contribution in [2.75, 3.05) is 25.4 Å². The zero-order valence-electron chi connectivity index (χ0n) is 10.2. The van der Waals surface area contributed by atoms with E-state index in [2.05, 4.69) is 0 Å². The van der Waals surface area contributed by atoms with Gasteiger partial charge in [0.25, 0.3) is 10.1 Å². The number of amides is 1. The predicted molar refractivity (Wildman–Crippen MR) is 61.3 cm³/mol. The van der Waals surface area contributed by atoms with Gasteiger partial charge in [-0.3, -0.25) is 4.55 Å². The van der Waals surface area contributed by atoms with Crippen LogP contribution in [0.5, 0.6) is 0 Å². The van der Waals surface area contributed by atoms with Crippen LogP contribution in [0.25, 0.3) is 0 Å². The lowest BCUT2D eigenvalue weighted by Gasteiger charge is -2.26. The van der Waals surface area contributed by atoms with Crippen LogP contribution in [-0.4, -0.2) is 60.1 Å². The fourth-order valence-corrected chi connectivity index (χ4v) is 1.42. The third kappa shape index (κ3) is 8.90. The fourth-order valence-electron chi connectivity index (χ4n) is 0.967. The van der Waals surface area contributed by atoms with Crippen LogP contribution in [0.1, 0.15) is 20.8 Å². The number of aliphatic hydroxyl groups is 1. The molecule has 0 fully saturated rings. The van der Waals surface area contributed by atoms with E-state index in [9.17, 15) is 13.2 Å². The molecule has 0 heterocycles. The van der Waals surface area contributed by atoms with Gasteiger partial charge in [0.15, 0.2) is 0 Å². The minimum atomic E-state index is -4.15. The predicted octanol–water partition coefficient (Wildman–Crippen LogP) is 0.104. The van der Waals surface area contributed by atoms with Crippen molar-refractivity contribution in [1.29, 1.82) is 0 Å². The minimum absolute atomic E-state index is 0.0512. The molecule has 102 valence electrons. The van der Waals surface area contributed by atoms with Gasteiger partial charge in [0.05, 0.1) is 12.4 Å². The summed E-state index contributed by atoms with van der Waals surface area (Å²) in [5.74, 6) is -0.591. The van der Waals surface area contributed by atoms with E-state index in [-0.39, 0.29) is 19.7 Å². The number of hydrogen-bond donors (Lipinski definition) is 2. The van der Waals surface area contributed by atoms with Crippen molar-refractivity contribution < 1.29 is 27.6 Å². The Bertz CT molecular complexity index is 345. The van der Waals surface area contributed by atoms with Crippen molar-refractivity contribution in [2.24, 2.45) is 0 Å². The van der Waals surface area contributed by atoms with Gasteiger partial charge in [0.1, 0.15) is 5.60 Å². The standard InChI is InChI=1S/C9H19NO6S/c1-9(2,3)16-8(12)10(4-6-11)5-7-17(13,14)15/h11H,4-7H2,1-3H3,(H,13,14,15). The highest BCUT2D eigenvalue weighted by molar-refractivity contribution is 7.85. The van der Waals surface area contributed by atoms with E-state index in [1.807, 2.05) is 0 Å². The van der Waals surface area contributed by atoms with Crippen LogP contribution in [-0.2, 0) is 14.9 Å². The van der Waals surface area contributed by atoms with Gasteiger partial charge in [-0.05, 0) is 20.8 Å². The van der Waals surface area contributed by atoms with Crippen molar-refractivity contribution in [3.05, 3.63) is 0 Å². The molecule has 0 aromatic rings. The van der Waals surface area contributed by atoms with Gasteiger partial charge in [-0.15, -0.1) is 0 Å². The average molecular weight is 269 g/mol. The molecule has 0 spiro atoms. The van der Waals surface area contributed by atoms with Gasteiger partial charge in [-0.25, -0.2) is 4.79 Å². The van der Waals surface area contributed by atoms with Crippen molar-refractivity contribution in [1.82, 2.24) is 4.90 Å². The number of aliphatic hydroxyl groups excluding tert-OH is 1. The highest BCUT2D eigenvalue weighted by atomic mass is 32.2. The Morgan fingerprint density at radius 3 is 2.18 bits per heavy atom. The molecular formula is C9H19NO6S. The Morgan fingerprint density at radius 2 is 1.82 bits per heavy atom. The first kappa shape index (κ1) is 16.1. The first-order valence-corrected chi connectivity index (χ1v) is 6.70. The lowest BCUT2D eigenvalue weighted by molar-refractivity contribution is 0.0231. The molecule has 0 aliphatic rings. The van der Waals surface area contributed by atoms with Gasteiger partial charge < -0.3 is 14.7 Å². The molecule has 8 heteroatoms. The third-order valence-electron chi connectivity index (χ3n) is 1.64. The first-order valence-electron chi connectivity index (χ1n) is 5.09. The van der Waals surface area contributed by atoms with E-state index >= 15 is 0 Å². The van der Waals surface area contributed by atoms with E-state index in [1.165, 1.54) is 0 Å². The van der Waals surface area contributed by atoms with Gasteiger partial charge >= 0.3 is 6.09 Å². The van der Waals surface area contributed by atoms with E-state index in [1.54, 1.807) is 20.8 Å². The summed E-state index contributed by atoms with van der Waals surface area (Å²) in [6.07, 6.45) is -0.727. The summed E-state index contributed by atoms with van der Waals surface area (Å²) in [7, 11) is -4.15. The number of nitrogens with zero attached hydrogens (tertiary/aromatic N) is 1. The summed E-state index contributed by atoms with van der Waals surface area (Å²) >= 11 is 0. The molecule has 0 aliphatic heterocycles. The van der Waals surface area contributed by atoms with E-state index in [0.717, 1.165) is 4.90 Å². The van der Waals surface area contributed by atoms with E-state index < -0.39 is 27.6 Å². The quantitative estimate of drug-likeness (QED) is 0.686. The number of carbonyl (C=O) groups excluding carboxylic acids is 1. The van der Waals surface area contributed by atoms with Crippen LogP contribution in [0.15, 0.2) is 0 Å². The number of hydrogen-bond acceptors (Lipinski definition) is 5. The lowest BCUT2D eigenvalue weighted by Crippen LogP contribution is -2.40. The minimum Gasteiger partial charge on any atom is -0.444 e. The van der Waals surface area contributed by atoms with Crippen molar-refractivity contribution in [2.45, 2.75) is 26.4 Å². The fraction of sp³-hybridized carbons (Fsp3) is 0.889.